The van der Waals surface area contributed by atoms with Crippen molar-refractivity contribution < 1.29 is 18.4 Å². The zero-order chi connectivity index (χ0) is 16.6. The van der Waals surface area contributed by atoms with Gasteiger partial charge in [-0.2, -0.15) is 0 Å². The largest absolute Gasteiger partial charge is 0.497 e. The van der Waals surface area contributed by atoms with Crippen molar-refractivity contribution in [2.45, 2.75) is 27.3 Å². The highest BCUT2D eigenvalue weighted by molar-refractivity contribution is 6.07. The summed E-state index contributed by atoms with van der Waals surface area (Å²) in [6, 6.07) is 5.38. The molecule has 0 fully saturated rings. The summed E-state index contributed by atoms with van der Waals surface area (Å²) < 4.78 is 16.3. The van der Waals surface area contributed by atoms with Gasteiger partial charge in [-0.05, 0) is 39.0 Å². The smallest absolute Gasteiger partial charge is 0.255 e. The molecule has 0 bridgehead atoms. The Kier molecular flexibility index (Phi) is 3.82. The molecule has 0 saturated carbocycles. The summed E-state index contributed by atoms with van der Waals surface area (Å²) in [4.78, 5) is 16.8. The minimum absolute atomic E-state index is 0.226. The van der Waals surface area contributed by atoms with Gasteiger partial charge < -0.3 is 18.9 Å². The lowest BCUT2D eigenvalue weighted by Gasteiger charge is -2.03. The number of aromatic nitrogens is 1. The summed E-state index contributed by atoms with van der Waals surface area (Å²) in [5.41, 5.74) is 1.97. The number of hydrogen-bond donors (Lipinski definition) is 1. The van der Waals surface area contributed by atoms with Crippen molar-refractivity contribution in [3.8, 4) is 5.75 Å². The van der Waals surface area contributed by atoms with Gasteiger partial charge in [0, 0.05) is 5.39 Å². The summed E-state index contributed by atoms with van der Waals surface area (Å²) in [7, 11) is 1.58. The molecule has 0 atom stereocenters. The van der Waals surface area contributed by atoms with Crippen LogP contribution in [-0.4, -0.2) is 18.0 Å². The van der Waals surface area contributed by atoms with Crippen LogP contribution in [0.2, 0.25) is 0 Å². The Hall–Kier alpha value is -2.76. The second-order valence-corrected chi connectivity index (χ2v) is 5.33. The van der Waals surface area contributed by atoms with E-state index < -0.39 is 0 Å². The number of oxazole rings is 1. The van der Waals surface area contributed by atoms with Crippen LogP contribution in [-0.2, 0) is 6.54 Å². The number of aryl methyl sites for hydroxylation is 3. The highest BCUT2D eigenvalue weighted by Gasteiger charge is 2.19. The Morgan fingerprint density at radius 2 is 2.00 bits per heavy atom. The fraction of sp³-hybridized carbons (Fsp3) is 0.294. The quantitative estimate of drug-likeness (QED) is 0.799. The molecule has 1 amide bonds. The number of ether oxygens (including phenoxy) is 1. The van der Waals surface area contributed by atoms with E-state index in [4.69, 9.17) is 13.6 Å². The van der Waals surface area contributed by atoms with Crippen molar-refractivity contribution in [2.24, 2.45) is 0 Å². The number of nitrogens with one attached hydrogen (secondary N) is 1. The maximum atomic E-state index is 12.5. The molecule has 0 aliphatic rings. The number of methoxy groups -OCH3 is 1. The molecule has 3 aromatic rings. The topological polar surface area (TPSA) is 77.5 Å². The van der Waals surface area contributed by atoms with Gasteiger partial charge in [0.25, 0.3) is 5.91 Å². The van der Waals surface area contributed by atoms with E-state index in [0.29, 0.717) is 28.5 Å². The Balaban J connectivity index is 1.86. The zero-order valence-corrected chi connectivity index (χ0v) is 13.5. The molecule has 3 rings (SSSR count). The van der Waals surface area contributed by atoms with Crippen LogP contribution in [0.25, 0.3) is 11.0 Å². The molecule has 0 saturated heterocycles. The SMILES string of the molecule is COc1ccc2oc(C)c(C(=O)NCc3nc(C)c(C)o3)c2c1. The zero-order valence-electron chi connectivity index (χ0n) is 13.5. The molecule has 0 aliphatic heterocycles. The standard InChI is InChI=1S/C17H18N2O4/c1-9-10(2)23-15(19-9)8-18-17(20)16-11(3)22-14-6-5-12(21-4)7-13(14)16/h5-7H,8H2,1-4H3,(H,18,20). The lowest BCUT2D eigenvalue weighted by atomic mass is 10.1. The van der Waals surface area contributed by atoms with Gasteiger partial charge in [-0.3, -0.25) is 4.79 Å². The van der Waals surface area contributed by atoms with Crippen LogP contribution in [0.15, 0.2) is 27.0 Å². The van der Waals surface area contributed by atoms with E-state index in [1.165, 1.54) is 0 Å². The molecule has 0 spiro atoms. The summed E-state index contributed by atoms with van der Waals surface area (Å²) in [6.07, 6.45) is 0. The highest BCUT2D eigenvalue weighted by atomic mass is 16.5. The van der Waals surface area contributed by atoms with Crippen molar-refractivity contribution in [1.29, 1.82) is 0 Å². The number of benzene rings is 1. The van der Waals surface area contributed by atoms with E-state index in [1.807, 2.05) is 13.8 Å². The van der Waals surface area contributed by atoms with Gasteiger partial charge in [0.15, 0.2) is 0 Å². The summed E-state index contributed by atoms with van der Waals surface area (Å²) in [5, 5.41) is 3.54. The van der Waals surface area contributed by atoms with Gasteiger partial charge in [0.2, 0.25) is 5.89 Å². The summed E-state index contributed by atoms with van der Waals surface area (Å²) in [5.74, 6) is 2.24. The van der Waals surface area contributed by atoms with Crippen molar-refractivity contribution in [3.63, 3.8) is 0 Å². The number of fused-ring (bicyclic) bond motifs is 1. The average molecular weight is 314 g/mol. The second kappa shape index (κ2) is 5.79. The molecule has 2 heterocycles. The predicted octanol–water partition coefficient (Wildman–Crippen LogP) is 3.28. The molecule has 0 radical (unpaired) electrons. The number of hydrogen-bond acceptors (Lipinski definition) is 5. The first-order valence-corrected chi connectivity index (χ1v) is 7.28. The predicted molar refractivity (Wildman–Crippen MR) is 84.7 cm³/mol. The van der Waals surface area contributed by atoms with Gasteiger partial charge in [-0.1, -0.05) is 0 Å². The molecule has 6 heteroatoms. The van der Waals surface area contributed by atoms with Crippen LogP contribution >= 0.6 is 0 Å². The van der Waals surface area contributed by atoms with Crippen LogP contribution in [0.5, 0.6) is 5.75 Å². The molecule has 1 aromatic carbocycles. The maximum absolute atomic E-state index is 12.5. The first kappa shape index (κ1) is 15.1. The minimum Gasteiger partial charge on any atom is -0.497 e. The highest BCUT2D eigenvalue weighted by Crippen LogP contribution is 2.29. The molecule has 23 heavy (non-hydrogen) atoms. The summed E-state index contributed by atoms with van der Waals surface area (Å²) in [6.45, 7) is 5.70. The van der Waals surface area contributed by atoms with Gasteiger partial charge in [-0.15, -0.1) is 0 Å². The van der Waals surface area contributed by atoms with E-state index >= 15 is 0 Å². The Morgan fingerprint density at radius 3 is 2.65 bits per heavy atom. The lowest BCUT2D eigenvalue weighted by molar-refractivity contribution is 0.0947. The Bertz CT molecular complexity index is 857. The van der Waals surface area contributed by atoms with Crippen LogP contribution in [0.4, 0.5) is 0 Å². The van der Waals surface area contributed by atoms with Crippen molar-refractivity contribution >= 4 is 16.9 Å². The Labute approximate surface area is 133 Å². The van der Waals surface area contributed by atoms with Crippen molar-refractivity contribution in [3.05, 3.63) is 46.9 Å². The third kappa shape index (κ3) is 2.79. The molecule has 2 aromatic heterocycles. The normalized spacial score (nSPS) is 11.0. The van der Waals surface area contributed by atoms with Crippen molar-refractivity contribution in [2.75, 3.05) is 7.11 Å². The van der Waals surface area contributed by atoms with Gasteiger partial charge in [0.1, 0.15) is 22.9 Å². The van der Waals surface area contributed by atoms with E-state index in [1.54, 1.807) is 32.2 Å². The van der Waals surface area contributed by atoms with Crippen LogP contribution in [0.3, 0.4) is 0 Å². The average Bonchev–Trinajstić information content (AvgIpc) is 3.03. The number of carbonyl (C=O) groups excluding carboxylic acids is 1. The molecular weight excluding hydrogens is 296 g/mol. The van der Waals surface area contributed by atoms with Gasteiger partial charge >= 0.3 is 0 Å². The first-order chi connectivity index (χ1) is 11.0. The molecule has 0 aliphatic carbocycles. The molecule has 1 N–H and O–H groups in total. The van der Waals surface area contributed by atoms with E-state index in [-0.39, 0.29) is 12.5 Å². The maximum Gasteiger partial charge on any atom is 0.255 e. The fourth-order valence-corrected chi connectivity index (χ4v) is 2.47. The van der Waals surface area contributed by atoms with E-state index in [2.05, 4.69) is 10.3 Å². The number of carbonyl (C=O) groups is 1. The third-order valence-corrected chi connectivity index (χ3v) is 3.77. The first-order valence-electron chi connectivity index (χ1n) is 7.28. The minimum atomic E-state index is -0.233. The van der Waals surface area contributed by atoms with Crippen molar-refractivity contribution in [1.82, 2.24) is 10.3 Å². The van der Waals surface area contributed by atoms with Crippen LogP contribution < -0.4 is 10.1 Å². The number of amides is 1. The van der Waals surface area contributed by atoms with Crippen LogP contribution in [0.1, 0.15) is 33.5 Å². The molecular formula is C17H18N2O4. The summed E-state index contributed by atoms with van der Waals surface area (Å²) >= 11 is 0. The molecule has 120 valence electrons. The molecule has 6 nitrogen and oxygen atoms in total. The van der Waals surface area contributed by atoms with E-state index in [0.717, 1.165) is 16.8 Å². The Morgan fingerprint density at radius 1 is 1.22 bits per heavy atom. The van der Waals surface area contributed by atoms with Gasteiger partial charge in [0.05, 0.1) is 24.9 Å². The third-order valence-electron chi connectivity index (χ3n) is 3.77. The monoisotopic (exact) mass is 314 g/mol. The lowest BCUT2D eigenvalue weighted by Crippen LogP contribution is -2.23. The number of nitrogens with zero attached hydrogens (tertiary/aromatic N) is 1. The second-order valence-electron chi connectivity index (χ2n) is 5.33. The van der Waals surface area contributed by atoms with Gasteiger partial charge in [-0.25, -0.2) is 4.98 Å². The fourth-order valence-electron chi connectivity index (χ4n) is 2.47. The molecule has 0 unspecified atom stereocenters. The van der Waals surface area contributed by atoms with Crippen LogP contribution in [0, 0.1) is 20.8 Å². The van der Waals surface area contributed by atoms with E-state index in [9.17, 15) is 4.79 Å². The number of furan rings is 1. The number of rotatable bonds is 4.